The molecule has 1 saturated heterocycles. The number of ether oxygens (including phenoxy) is 1. The Morgan fingerprint density at radius 1 is 1.28 bits per heavy atom. The van der Waals surface area contributed by atoms with E-state index in [1.54, 1.807) is 0 Å². The predicted molar refractivity (Wildman–Crippen MR) is 82.3 cm³/mol. The highest BCUT2D eigenvalue weighted by atomic mass is 32.2. The second-order valence-corrected chi connectivity index (χ2v) is 7.19. The molecule has 11 heteroatoms. The number of rotatable bonds is 7. The van der Waals surface area contributed by atoms with Crippen molar-refractivity contribution in [2.24, 2.45) is 0 Å². The van der Waals surface area contributed by atoms with Crippen molar-refractivity contribution in [3.8, 4) is 5.75 Å². The van der Waals surface area contributed by atoms with E-state index in [9.17, 15) is 26.4 Å². The van der Waals surface area contributed by atoms with Gasteiger partial charge in [0.2, 0.25) is 15.9 Å². The molecule has 140 valence electrons. The van der Waals surface area contributed by atoms with Gasteiger partial charge in [0.05, 0.1) is 4.90 Å². The molecule has 1 amide bonds. The van der Waals surface area contributed by atoms with E-state index in [-0.39, 0.29) is 29.8 Å². The van der Waals surface area contributed by atoms with Crippen LogP contribution in [-0.2, 0) is 14.8 Å². The van der Waals surface area contributed by atoms with Gasteiger partial charge in [-0.3, -0.25) is 4.79 Å². The molecule has 0 saturated carbocycles. The first-order valence-corrected chi connectivity index (χ1v) is 8.99. The normalized spacial score (nSPS) is 18.1. The van der Waals surface area contributed by atoms with E-state index >= 15 is 0 Å². The molecule has 0 aliphatic carbocycles. The van der Waals surface area contributed by atoms with Crippen LogP contribution in [-0.4, -0.2) is 46.4 Å². The molecule has 0 aromatic heterocycles. The molecule has 0 spiro atoms. The van der Waals surface area contributed by atoms with Crippen LogP contribution >= 0.6 is 0 Å². The molecule has 1 aliphatic heterocycles. The number of benzene rings is 1. The molecule has 1 atom stereocenters. The van der Waals surface area contributed by atoms with Crippen molar-refractivity contribution >= 4 is 15.9 Å². The zero-order valence-corrected chi connectivity index (χ0v) is 13.9. The zero-order valence-electron chi connectivity index (χ0n) is 13.1. The summed E-state index contributed by atoms with van der Waals surface area (Å²) in [4.78, 5) is 11.5. The average Bonchev–Trinajstić information content (AvgIpc) is 2.98. The maximum Gasteiger partial charge on any atom is 0.573 e. The maximum absolute atomic E-state index is 12.1. The van der Waals surface area contributed by atoms with E-state index in [0.29, 0.717) is 6.54 Å². The largest absolute Gasteiger partial charge is 0.573 e. The monoisotopic (exact) mass is 381 g/mol. The third-order valence-corrected chi connectivity index (χ3v) is 4.91. The third kappa shape index (κ3) is 6.52. The molecule has 2 rings (SSSR count). The van der Waals surface area contributed by atoms with Crippen LogP contribution in [0.1, 0.15) is 12.8 Å². The summed E-state index contributed by atoms with van der Waals surface area (Å²) in [6.45, 7) is 1.39. The van der Waals surface area contributed by atoms with E-state index in [2.05, 4.69) is 20.1 Å². The van der Waals surface area contributed by atoms with Crippen molar-refractivity contribution in [2.75, 3.05) is 19.6 Å². The van der Waals surface area contributed by atoms with Gasteiger partial charge in [-0.15, -0.1) is 13.2 Å². The Kier molecular flexibility index (Phi) is 6.25. The number of alkyl halides is 3. The zero-order chi connectivity index (χ0) is 18.5. The number of carbonyl (C=O) groups is 1. The van der Waals surface area contributed by atoms with E-state index in [4.69, 9.17) is 0 Å². The Bertz CT molecular complexity index is 686. The molecular weight excluding hydrogens is 363 g/mol. The van der Waals surface area contributed by atoms with Gasteiger partial charge in [0, 0.05) is 25.6 Å². The fourth-order valence-electron chi connectivity index (χ4n) is 2.28. The molecule has 1 aromatic carbocycles. The number of carbonyl (C=O) groups excluding carboxylic acids is 1. The first kappa shape index (κ1) is 19.5. The van der Waals surface area contributed by atoms with Crippen LogP contribution in [0.25, 0.3) is 0 Å². The van der Waals surface area contributed by atoms with Gasteiger partial charge in [0.15, 0.2) is 0 Å². The lowest BCUT2D eigenvalue weighted by atomic mass is 10.2. The summed E-state index contributed by atoms with van der Waals surface area (Å²) >= 11 is 0. The molecule has 1 heterocycles. The molecule has 0 radical (unpaired) electrons. The second kappa shape index (κ2) is 8.02. The quantitative estimate of drug-likeness (QED) is 0.647. The molecule has 3 N–H and O–H groups in total. The van der Waals surface area contributed by atoms with Crippen molar-refractivity contribution in [2.45, 2.75) is 30.1 Å². The fourth-order valence-corrected chi connectivity index (χ4v) is 3.31. The SMILES string of the molecule is O=C(CCNS(=O)(=O)c1ccc(OC(F)(F)F)cc1)NC1CCNC1. The van der Waals surface area contributed by atoms with E-state index in [1.165, 1.54) is 0 Å². The molecule has 1 unspecified atom stereocenters. The Hall–Kier alpha value is -1.85. The van der Waals surface area contributed by atoms with E-state index in [0.717, 1.165) is 37.2 Å². The highest BCUT2D eigenvalue weighted by molar-refractivity contribution is 7.89. The third-order valence-electron chi connectivity index (χ3n) is 3.44. The lowest BCUT2D eigenvalue weighted by molar-refractivity contribution is -0.274. The summed E-state index contributed by atoms with van der Waals surface area (Å²) in [5.74, 6) is -0.790. The molecule has 1 aliphatic rings. The van der Waals surface area contributed by atoms with Gasteiger partial charge in [-0.1, -0.05) is 0 Å². The Labute approximate surface area is 143 Å². The highest BCUT2D eigenvalue weighted by Gasteiger charge is 2.31. The van der Waals surface area contributed by atoms with Crippen LogP contribution in [0, 0.1) is 0 Å². The molecular formula is C14H18F3N3O4S. The van der Waals surface area contributed by atoms with Gasteiger partial charge in [-0.05, 0) is 37.2 Å². The van der Waals surface area contributed by atoms with E-state index < -0.39 is 22.1 Å². The predicted octanol–water partition coefficient (Wildman–Crippen LogP) is 0.732. The van der Waals surface area contributed by atoms with Crippen molar-refractivity contribution in [1.29, 1.82) is 0 Å². The maximum atomic E-state index is 12.1. The minimum Gasteiger partial charge on any atom is -0.406 e. The fraction of sp³-hybridized carbons (Fsp3) is 0.500. The summed E-state index contributed by atoms with van der Waals surface area (Å²) in [5.41, 5.74) is 0. The van der Waals surface area contributed by atoms with Crippen molar-refractivity contribution in [1.82, 2.24) is 15.4 Å². The number of nitrogens with one attached hydrogen (secondary N) is 3. The topological polar surface area (TPSA) is 96.5 Å². The van der Waals surface area contributed by atoms with Crippen molar-refractivity contribution in [3.63, 3.8) is 0 Å². The number of halogens is 3. The van der Waals surface area contributed by atoms with Crippen LogP contribution in [0.3, 0.4) is 0 Å². The summed E-state index contributed by atoms with van der Waals surface area (Å²) < 4.78 is 66.2. The number of hydrogen-bond acceptors (Lipinski definition) is 5. The van der Waals surface area contributed by atoms with Gasteiger partial charge >= 0.3 is 6.36 Å². The Morgan fingerprint density at radius 2 is 1.96 bits per heavy atom. The van der Waals surface area contributed by atoms with E-state index in [1.807, 2.05) is 0 Å². The first-order chi connectivity index (χ1) is 11.7. The minimum atomic E-state index is -4.85. The number of amides is 1. The molecule has 7 nitrogen and oxygen atoms in total. The second-order valence-electron chi connectivity index (χ2n) is 5.42. The van der Waals surface area contributed by atoms with Gasteiger partial charge in [-0.2, -0.15) is 0 Å². The number of hydrogen-bond donors (Lipinski definition) is 3. The molecule has 1 aromatic rings. The minimum absolute atomic E-state index is 0.0367. The lowest BCUT2D eigenvalue weighted by Gasteiger charge is -2.12. The lowest BCUT2D eigenvalue weighted by Crippen LogP contribution is -2.38. The van der Waals surface area contributed by atoms with Crippen LogP contribution in [0.5, 0.6) is 5.75 Å². The smallest absolute Gasteiger partial charge is 0.406 e. The summed E-state index contributed by atoms with van der Waals surface area (Å²) in [6, 6.07) is 3.84. The standard InChI is InChI=1S/C14H18F3N3O4S/c15-14(16,17)24-11-1-3-12(4-2-11)25(22,23)19-8-6-13(21)20-10-5-7-18-9-10/h1-4,10,18-19H,5-9H2,(H,20,21). The van der Waals surface area contributed by atoms with Gasteiger partial charge in [0.1, 0.15) is 5.75 Å². The van der Waals surface area contributed by atoms with Crippen LogP contribution in [0.4, 0.5) is 13.2 Å². The van der Waals surface area contributed by atoms with Crippen molar-refractivity contribution in [3.05, 3.63) is 24.3 Å². The summed E-state index contributed by atoms with van der Waals surface area (Å²) in [6.07, 6.45) is -4.06. The van der Waals surface area contributed by atoms with Gasteiger partial charge < -0.3 is 15.4 Å². The summed E-state index contributed by atoms with van der Waals surface area (Å²) in [5, 5.41) is 5.87. The first-order valence-electron chi connectivity index (χ1n) is 7.51. The molecule has 0 bridgehead atoms. The van der Waals surface area contributed by atoms with Crippen LogP contribution in [0.2, 0.25) is 0 Å². The van der Waals surface area contributed by atoms with Crippen molar-refractivity contribution < 1.29 is 31.1 Å². The Balaban J connectivity index is 1.83. The highest BCUT2D eigenvalue weighted by Crippen LogP contribution is 2.23. The number of sulfonamides is 1. The average molecular weight is 381 g/mol. The molecule has 1 fully saturated rings. The van der Waals surface area contributed by atoms with Gasteiger partial charge in [0.25, 0.3) is 0 Å². The van der Waals surface area contributed by atoms with Crippen LogP contribution in [0.15, 0.2) is 29.2 Å². The van der Waals surface area contributed by atoms with Gasteiger partial charge in [-0.25, -0.2) is 13.1 Å². The summed E-state index contributed by atoms with van der Waals surface area (Å²) in [7, 11) is -3.92. The Morgan fingerprint density at radius 3 is 2.52 bits per heavy atom. The molecule has 25 heavy (non-hydrogen) atoms. The van der Waals surface area contributed by atoms with Crippen LogP contribution < -0.4 is 20.1 Å².